The first-order valence-corrected chi connectivity index (χ1v) is 11.6. The smallest absolute Gasteiger partial charge is 0.0825 e. The molecule has 2 aliphatic rings. The first-order chi connectivity index (χ1) is 13.1. The van der Waals surface area contributed by atoms with Gasteiger partial charge in [0.1, 0.15) is 0 Å². The van der Waals surface area contributed by atoms with E-state index in [9.17, 15) is 0 Å². The van der Waals surface area contributed by atoms with Crippen molar-refractivity contribution in [1.82, 2.24) is 4.90 Å². The minimum Gasteiger partial charge on any atom is -0.368 e. The molecular formula is C22H39Cl2N3. The molecule has 2 N–H and O–H groups in total. The van der Waals surface area contributed by atoms with Crippen LogP contribution >= 0.6 is 23.2 Å². The van der Waals surface area contributed by atoms with Crippen LogP contribution in [0.3, 0.4) is 0 Å². The Hall–Kier alpha value is -0.480. The number of benzene rings is 1. The van der Waals surface area contributed by atoms with Crippen LogP contribution in [0.4, 0.5) is 5.69 Å². The summed E-state index contributed by atoms with van der Waals surface area (Å²) >= 11 is 12.5. The predicted octanol–water partition coefficient (Wildman–Crippen LogP) is 6.08. The standard InChI is InChI=1S/C18H27Cl2N3.2C2H6/c19-16-2-1-3-17(18(16)20)23-12-10-22(11-13-23)9-8-14-4-6-15(21)7-5-14;2*1-2/h1-3,14-15H,4-13,21H2;2*1-2H3. The summed E-state index contributed by atoms with van der Waals surface area (Å²) < 4.78 is 0. The highest BCUT2D eigenvalue weighted by atomic mass is 35.5. The van der Waals surface area contributed by atoms with Gasteiger partial charge in [0.2, 0.25) is 0 Å². The normalized spacial score (nSPS) is 23.0. The summed E-state index contributed by atoms with van der Waals surface area (Å²) in [5.74, 6) is 0.884. The number of halogens is 2. The van der Waals surface area contributed by atoms with Crippen LogP contribution in [0, 0.1) is 5.92 Å². The zero-order chi connectivity index (χ0) is 20.2. The van der Waals surface area contributed by atoms with E-state index in [0.717, 1.165) is 37.8 Å². The van der Waals surface area contributed by atoms with E-state index in [2.05, 4.69) is 15.9 Å². The Morgan fingerprint density at radius 2 is 1.52 bits per heavy atom. The van der Waals surface area contributed by atoms with Crippen LogP contribution < -0.4 is 10.6 Å². The minimum atomic E-state index is 0.456. The summed E-state index contributed by atoms with van der Waals surface area (Å²) in [7, 11) is 0. The van der Waals surface area contributed by atoms with Crippen LogP contribution in [0.5, 0.6) is 0 Å². The van der Waals surface area contributed by atoms with Crippen molar-refractivity contribution >= 4 is 28.9 Å². The topological polar surface area (TPSA) is 32.5 Å². The van der Waals surface area contributed by atoms with Gasteiger partial charge in [-0.2, -0.15) is 0 Å². The molecule has 0 aromatic heterocycles. The van der Waals surface area contributed by atoms with Gasteiger partial charge in [0, 0.05) is 32.2 Å². The van der Waals surface area contributed by atoms with Crippen molar-refractivity contribution in [3.05, 3.63) is 28.2 Å². The second-order valence-electron chi connectivity index (χ2n) is 6.97. The highest BCUT2D eigenvalue weighted by Gasteiger charge is 2.22. The number of hydrogen-bond donors (Lipinski definition) is 1. The fourth-order valence-electron chi connectivity index (χ4n) is 3.79. The van der Waals surface area contributed by atoms with Gasteiger partial charge in [0.05, 0.1) is 15.7 Å². The van der Waals surface area contributed by atoms with Crippen molar-refractivity contribution in [2.75, 3.05) is 37.6 Å². The highest BCUT2D eigenvalue weighted by molar-refractivity contribution is 6.43. The van der Waals surface area contributed by atoms with Gasteiger partial charge in [-0.1, -0.05) is 57.0 Å². The molecule has 1 heterocycles. The van der Waals surface area contributed by atoms with Gasteiger partial charge in [-0.25, -0.2) is 0 Å². The molecule has 1 saturated carbocycles. The Morgan fingerprint density at radius 3 is 2.11 bits per heavy atom. The maximum atomic E-state index is 6.34. The van der Waals surface area contributed by atoms with Crippen LogP contribution in [0.1, 0.15) is 59.8 Å². The highest BCUT2D eigenvalue weighted by Crippen LogP contribution is 2.33. The average Bonchev–Trinajstić information content (AvgIpc) is 2.73. The molecule has 0 atom stereocenters. The molecule has 0 bridgehead atoms. The number of hydrogen-bond acceptors (Lipinski definition) is 3. The molecule has 0 amide bonds. The van der Waals surface area contributed by atoms with Gasteiger partial charge in [0.25, 0.3) is 0 Å². The summed E-state index contributed by atoms with van der Waals surface area (Å²) in [4.78, 5) is 4.94. The molecule has 1 saturated heterocycles. The molecule has 3 rings (SSSR count). The lowest BCUT2D eigenvalue weighted by Gasteiger charge is -2.37. The number of piperazine rings is 1. The fourth-order valence-corrected chi connectivity index (χ4v) is 4.21. The number of nitrogens with two attached hydrogens (primary N) is 1. The lowest BCUT2D eigenvalue weighted by atomic mass is 9.84. The van der Waals surface area contributed by atoms with E-state index in [4.69, 9.17) is 28.9 Å². The van der Waals surface area contributed by atoms with Crippen molar-refractivity contribution < 1.29 is 0 Å². The summed E-state index contributed by atoms with van der Waals surface area (Å²) in [5.41, 5.74) is 7.06. The van der Waals surface area contributed by atoms with Gasteiger partial charge >= 0.3 is 0 Å². The zero-order valence-electron chi connectivity index (χ0n) is 17.7. The van der Waals surface area contributed by atoms with E-state index in [1.807, 2.05) is 39.8 Å². The molecule has 0 spiro atoms. The van der Waals surface area contributed by atoms with Gasteiger partial charge in [-0.15, -0.1) is 0 Å². The van der Waals surface area contributed by atoms with Crippen molar-refractivity contribution in [3.8, 4) is 0 Å². The van der Waals surface area contributed by atoms with Crippen LogP contribution in [0.15, 0.2) is 18.2 Å². The lowest BCUT2D eigenvalue weighted by molar-refractivity contribution is 0.217. The number of rotatable bonds is 4. The molecule has 1 aromatic rings. The van der Waals surface area contributed by atoms with Crippen molar-refractivity contribution in [3.63, 3.8) is 0 Å². The largest absolute Gasteiger partial charge is 0.368 e. The first kappa shape index (κ1) is 24.6. The summed E-state index contributed by atoms with van der Waals surface area (Å²) in [6, 6.07) is 6.34. The minimum absolute atomic E-state index is 0.456. The van der Waals surface area contributed by atoms with E-state index < -0.39 is 0 Å². The van der Waals surface area contributed by atoms with Crippen molar-refractivity contribution in [2.45, 2.75) is 65.8 Å². The van der Waals surface area contributed by atoms with Crippen LogP contribution in [-0.2, 0) is 0 Å². The van der Waals surface area contributed by atoms with Gasteiger partial charge in [-0.05, 0) is 56.7 Å². The summed E-state index contributed by atoms with van der Waals surface area (Å²) in [6.45, 7) is 13.5. The molecule has 0 radical (unpaired) electrons. The van der Waals surface area contributed by atoms with Crippen molar-refractivity contribution in [2.24, 2.45) is 11.7 Å². The summed E-state index contributed by atoms with van der Waals surface area (Å²) in [5, 5.41) is 1.32. The molecule has 1 aromatic carbocycles. The SMILES string of the molecule is CC.CC.NC1CCC(CCN2CCN(c3cccc(Cl)c3Cl)CC2)CC1. The van der Waals surface area contributed by atoms with E-state index >= 15 is 0 Å². The molecular weight excluding hydrogens is 377 g/mol. The first-order valence-electron chi connectivity index (χ1n) is 10.8. The zero-order valence-corrected chi connectivity index (χ0v) is 19.2. The Morgan fingerprint density at radius 1 is 0.926 bits per heavy atom. The molecule has 1 aliphatic carbocycles. The average molecular weight is 416 g/mol. The molecule has 27 heavy (non-hydrogen) atoms. The third kappa shape index (κ3) is 7.81. The molecule has 0 unspecified atom stereocenters. The van der Waals surface area contributed by atoms with Crippen molar-refractivity contribution in [1.29, 1.82) is 0 Å². The van der Waals surface area contributed by atoms with Crippen LogP contribution in [0.25, 0.3) is 0 Å². The second-order valence-corrected chi connectivity index (χ2v) is 7.76. The van der Waals surface area contributed by atoms with E-state index in [1.54, 1.807) is 0 Å². The Balaban J connectivity index is 0.000000855. The molecule has 1 aliphatic heterocycles. The third-order valence-electron chi connectivity index (χ3n) is 5.39. The quantitative estimate of drug-likeness (QED) is 0.646. The Kier molecular flexibility index (Phi) is 12.4. The van der Waals surface area contributed by atoms with E-state index in [0.29, 0.717) is 16.1 Å². The molecule has 3 nitrogen and oxygen atoms in total. The molecule has 5 heteroatoms. The monoisotopic (exact) mass is 415 g/mol. The lowest BCUT2D eigenvalue weighted by Crippen LogP contribution is -2.47. The number of anilines is 1. The fraction of sp³-hybridized carbons (Fsp3) is 0.727. The second kappa shape index (κ2) is 13.7. The van der Waals surface area contributed by atoms with Gasteiger partial charge in [0.15, 0.2) is 0 Å². The molecule has 156 valence electrons. The van der Waals surface area contributed by atoms with E-state index in [-0.39, 0.29) is 0 Å². The maximum absolute atomic E-state index is 6.34. The summed E-state index contributed by atoms with van der Waals surface area (Å²) in [6.07, 6.45) is 6.39. The predicted molar refractivity (Wildman–Crippen MR) is 122 cm³/mol. The number of nitrogens with zero attached hydrogens (tertiary/aromatic N) is 2. The maximum Gasteiger partial charge on any atom is 0.0825 e. The Bertz CT molecular complexity index is 508. The van der Waals surface area contributed by atoms with Crippen LogP contribution in [-0.4, -0.2) is 43.7 Å². The third-order valence-corrected chi connectivity index (χ3v) is 6.20. The molecule has 2 fully saturated rings. The Labute approximate surface area is 177 Å². The van der Waals surface area contributed by atoms with E-state index in [1.165, 1.54) is 38.6 Å². The van der Waals surface area contributed by atoms with Gasteiger partial charge in [-0.3, -0.25) is 4.90 Å². The van der Waals surface area contributed by atoms with Crippen LogP contribution in [0.2, 0.25) is 10.0 Å². The van der Waals surface area contributed by atoms with Gasteiger partial charge < -0.3 is 10.6 Å².